The summed E-state index contributed by atoms with van der Waals surface area (Å²) in [6.07, 6.45) is 4.90. The summed E-state index contributed by atoms with van der Waals surface area (Å²) in [7, 11) is 0. The fourth-order valence-electron chi connectivity index (χ4n) is 3.09. The van der Waals surface area contributed by atoms with E-state index in [0.29, 0.717) is 6.61 Å². The van der Waals surface area contributed by atoms with E-state index in [1.165, 1.54) is 11.1 Å². The third kappa shape index (κ3) is 2.98. The van der Waals surface area contributed by atoms with Crippen LogP contribution in [0.4, 0.5) is 0 Å². The second-order valence-corrected chi connectivity index (χ2v) is 6.47. The highest BCUT2D eigenvalue weighted by atomic mass is 16.5. The lowest BCUT2D eigenvalue weighted by molar-refractivity contribution is 0.114. The molecule has 2 heterocycles. The van der Waals surface area contributed by atoms with Gasteiger partial charge in [0, 0.05) is 19.4 Å². The van der Waals surface area contributed by atoms with Crippen molar-refractivity contribution in [2.24, 2.45) is 0 Å². The van der Waals surface area contributed by atoms with Crippen LogP contribution in [0.3, 0.4) is 0 Å². The van der Waals surface area contributed by atoms with E-state index in [0.717, 1.165) is 62.8 Å². The van der Waals surface area contributed by atoms with Crippen molar-refractivity contribution < 1.29 is 14.0 Å². The summed E-state index contributed by atoms with van der Waals surface area (Å²) in [6, 6.07) is 6.43. The van der Waals surface area contributed by atoms with Crippen LogP contribution in [0.25, 0.3) is 0 Å². The van der Waals surface area contributed by atoms with E-state index >= 15 is 0 Å². The summed E-state index contributed by atoms with van der Waals surface area (Å²) in [5, 5.41) is 4.15. The molecule has 1 aliphatic heterocycles. The van der Waals surface area contributed by atoms with Gasteiger partial charge in [-0.3, -0.25) is 0 Å². The minimum atomic E-state index is -0.00777. The predicted molar refractivity (Wildman–Crippen MR) is 84.8 cm³/mol. The Bertz CT molecular complexity index is 691. The second kappa shape index (κ2) is 5.96. The van der Waals surface area contributed by atoms with Gasteiger partial charge in [0.1, 0.15) is 5.75 Å². The standard InChI is InChI=1S/C18H22N2O3/c1-2-21-12-18(8-9-18)17-19-16(20-23-17)6-4-13-3-5-15-14(11-13)7-10-22-15/h3,5,11H,2,4,6-10,12H2,1H3. The number of fused-ring (bicyclic) bond motifs is 1. The Hall–Kier alpha value is -1.88. The van der Waals surface area contributed by atoms with Crippen molar-refractivity contribution in [1.82, 2.24) is 10.1 Å². The lowest BCUT2D eigenvalue weighted by Crippen LogP contribution is -2.15. The van der Waals surface area contributed by atoms with Crippen LogP contribution in [0.1, 0.15) is 42.6 Å². The third-order valence-corrected chi connectivity index (χ3v) is 4.75. The Labute approximate surface area is 136 Å². The molecule has 23 heavy (non-hydrogen) atoms. The van der Waals surface area contributed by atoms with Crippen LogP contribution in [-0.4, -0.2) is 30.0 Å². The summed E-state index contributed by atoms with van der Waals surface area (Å²) in [6.45, 7) is 4.23. The van der Waals surface area contributed by atoms with Crippen molar-refractivity contribution in [2.75, 3.05) is 19.8 Å². The molecule has 1 aliphatic carbocycles. The van der Waals surface area contributed by atoms with Crippen molar-refractivity contribution in [3.63, 3.8) is 0 Å². The first kappa shape index (κ1) is 14.7. The van der Waals surface area contributed by atoms with Crippen LogP contribution < -0.4 is 4.74 Å². The van der Waals surface area contributed by atoms with Gasteiger partial charge in [0.25, 0.3) is 0 Å². The maximum absolute atomic E-state index is 5.56. The molecule has 0 unspecified atom stereocenters. The molecule has 0 saturated heterocycles. The van der Waals surface area contributed by atoms with Crippen molar-refractivity contribution >= 4 is 0 Å². The minimum absolute atomic E-state index is 0.00777. The molecule has 4 rings (SSSR count). The number of benzene rings is 1. The second-order valence-electron chi connectivity index (χ2n) is 6.47. The van der Waals surface area contributed by atoms with Gasteiger partial charge in [-0.1, -0.05) is 17.3 Å². The van der Waals surface area contributed by atoms with E-state index in [9.17, 15) is 0 Å². The molecule has 0 N–H and O–H groups in total. The molecule has 122 valence electrons. The van der Waals surface area contributed by atoms with Gasteiger partial charge in [0.05, 0.1) is 18.6 Å². The molecule has 1 fully saturated rings. The first-order valence-corrected chi connectivity index (χ1v) is 8.44. The smallest absolute Gasteiger partial charge is 0.235 e. The van der Waals surface area contributed by atoms with Gasteiger partial charge >= 0.3 is 0 Å². The zero-order chi connectivity index (χ0) is 15.7. The van der Waals surface area contributed by atoms with E-state index < -0.39 is 0 Å². The zero-order valence-electron chi connectivity index (χ0n) is 13.5. The van der Waals surface area contributed by atoms with Gasteiger partial charge in [-0.15, -0.1) is 0 Å². The topological polar surface area (TPSA) is 57.4 Å². The number of hydrogen-bond acceptors (Lipinski definition) is 5. The molecule has 1 aromatic heterocycles. The van der Waals surface area contributed by atoms with E-state index in [-0.39, 0.29) is 5.41 Å². The molecule has 1 saturated carbocycles. The van der Waals surface area contributed by atoms with Gasteiger partial charge in [-0.25, -0.2) is 0 Å². The molecule has 1 aromatic carbocycles. The highest BCUT2D eigenvalue weighted by Gasteiger charge is 2.49. The summed E-state index contributed by atoms with van der Waals surface area (Å²) in [5.41, 5.74) is 2.60. The number of nitrogens with zero attached hydrogens (tertiary/aromatic N) is 2. The molecule has 5 nitrogen and oxygen atoms in total. The molecular formula is C18H22N2O3. The molecule has 2 aromatic rings. The Balaban J connectivity index is 1.38. The lowest BCUT2D eigenvalue weighted by Gasteiger charge is -2.08. The minimum Gasteiger partial charge on any atom is -0.493 e. The highest BCUT2D eigenvalue weighted by Crippen LogP contribution is 2.47. The summed E-state index contributed by atoms with van der Waals surface area (Å²) >= 11 is 0. The van der Waals surface area contributed by atoms with Gasteiger partial charge in [-0.05, 0) is 43.4 Å². The first-order chi connectivity index (χ1) is 11.3. The van der Waals surface area contributed by atoms with Crippen molar-refractivity contribution in [1.29, 1.82) is 0 Å². The van der Waals surface area contributed by atoms with E-state index in [1.54, 1.807) is 0 Å². The van der Waals surface area contributed by atoms with Crippen LogP contribution in [0.2, 0.25) is 0 Å². The summed E-state index contributed by atoms with van der Waals surface area (Å²) in [4.78, 5) is 4.60. The van der Waals surface area contributed by atoms with E-state index in [1.807, 2.05) is 6.92 Å². The number of ether oxygens (including phenoxy) is 2. The average Bonchev–Trinajstić information content (AvgIpc) is 3.00. The predicted octanol–water partition coefficient (Wildman–Crippen LogP) is 2.86. The van der Waals surface area contributed by atoms with Crippen molar-refractivity contribution in [3.8, 4) is 5.75 Å². The SMILES string of the molecule is CCOCC1(c2nc(CCc3ccc4c(c3)CCO4)no2)CC1. The maximum Gasteiger partial charge on any atom is 0.235 e. The molecule has 0 spiro atoms. The summed E-state index contributed by atoms with van der Waals surface area (Å²) < 4.78 is 16.6. The lowest BCUT2D eigenvalue weighted by atomic mass is 10.0. The third-order valence-electron chi connectivity index (χ3n) is 4.75. The highest BCUT2D eigenvalue weighted by molar-refractivity contribution is 5.39. The Kier molecular flexibility index (Phi) is 3.81. The largest absolute Gasteiger partial charge is 0.493 e. The number of rotatable bonds is 7. The van der Waals surface area contributed by atoms with Crippen LogP contribution in [0.5, 0.6) is 5.75 Å². The number of aryl methyl sites for hydroxylation is 2. The quantitative estimate of drug-likeness (QED) is 0.786. The van der Waals surface area contributed by atoms with Crippen molar-refractivity contribution in [2.45, 2.75) is 44.4 Å². The van der Waals surface area contributed by atoms with Gasteiger partial charge in [-0.2, -0.15) is 4.98 Å². The van der Waals surface area contributed by atoms with Gasteiger partial charge < -0.3 is 14.0 Å². The fourth-order valence-corrected chi connectivity index (χ4v) is 3.09. The Morgan fingerprint density at radius 2 is 2.17 bits per heavy atom. The normalized spacial score (nSPS) is 17.8. The molecule has 0 amide bonds. The maximum atomic E-state index is 5.56. The molecule has 2 aliphatic rings. The molecule has 0 bridgehead atoms. The number of hydrogen-bond donors (Lipinski definition) is 0. The Morgan fingerprint density at radius 1 is 1.26 bits per heavy atom. The monoisotopic (exact) mass is 314 g/mol. The summed E-state index contributed by atoms with van der Waals surface area (Å²) in [5.74, 6) is 2.57. The molecule has 0 atom stereocenters. The van der Waals surface area contributed by atoms with Crippen LogP contribution in [-0.2, 0) is 29.4 Å². The van der Waals surface area contributed by atoms with Crippen LogP contribution in [0.15, 0.2) is 22.7 Å². The molecular weight excluding hydrogens is 292 g/mol. The zero-order valence-corrected chi connectivity index (χ0v) is 13.5. The van der Waals surface area contributed by atoms with Crippen molar-refractivity contribution in [3.05, 3.63) is 41.0 Å². The van der Waals surface area contributed by atoms with E-state index in [2.05, 4.69) is 28.3 Å². The Morgan fingerprint density at radius 3 is 3.00 bits per heavy atom. The molecule has 5 heteroatoms. The van der Waals surface area contributed by atoms with Crippen LogP contribution in [0, 0.1) is 0 Å². The van der Waals surface area contributed by atoms with E-state index in [4.69, 9.17) is 14.0 Å². The average molecular weight is 314 g/mol. The number of aromatic nitrogens is 2. The van der Waals surface area contributed by atoms with Crippen LogP contribution >= 0.6 is 0 Å². The van der Waals surface area contributed by atoms with Gasteiger partial charge in [0.15, 0.2) is 5.82 Å². The fraction of sp³-hybridized carbons (Fsp3) is 0.556. The van der Waals surface area contributed by atoms with Gasteiger partial charge in [0.2, 0.25) is 5.89 Å². The molecule has 0 radical (unpaired) electrons. The first-order valence-electron chi connectivity index (χ1n) is 8.44.